The van der Waals surface area contributed by atoms with Crippen molar-refractivity contribution >= 4 is 6.08 Å². The lowest BCUT2D eigenvalue weighted by Gasteiger charge is -2.24. The van der Waals surface area contributed by atoms with Gasteiger partial charge in [0.15, 0.2) is 0 Å². The fourth-order valence-electron chi connectivity index (χ4n) is 1.55. The van der Waals surface area contributed by atoms with Crippen LogP contribution in [-0.2, 0) is 4.74 Å². The van der Waals surface area contributed by atoms with Crippen LogP contribution in [0, 0.1) is 0 Å². The Labute approximate surface area is 83.7 Å². The van der Waals surface area contributed by atoms with E-state index in [9.17, 15) is 0 Å². The molecule has 1 fully saturated rings. The summed E-state index contributed by atoms with van der Waals surface area (Å²) in [4.78, 5) is 0. The van der Waals surface area contributed by atoms with Gasteiger partial charge < -0.3 is 14.5 Å². The number of morpholine rings is 1. The molecule has 0 aromatic carbocycles. The van der Waals surface area contributed by atoms with Crippen LogP contribution in [0.15, 0.2) is 28.4 Å². The molecule has 1 unspecified atom stereocenters. The predicted molar refractivity (Wildman–Crippen MR) is 55.0 cm³/mol. The molecule has 1 aliphatic rings. The molecule has 0 bridgehead atoms. The molecule has 3 nitrogen and oxygen atoms in total. The first-order valence-electron chi connectivity index (χ1n) is 4.90. The van der Waals surface area contributed by atoms with Crippen LogP contribution in [0.3, 0.4) is 0 Å². The zero-order chi connectivity index (χ0) is 9.80. The zero-order valence-corrected chi connectivity index (χ0v) is 8.32. The van der Waals surface area contributed by atoms with Crippen LogP contribution in [-0.4, -0.2) is 25.8 Å². The number of hydrogen-bond donors (Lipinski definition) is 1. The molecular weight excluding hydrogens is 178 g/mol. The van der Waals surface area contributed by atoms with Crippen molar-refractivity contribution in [2.24, 2.45) is 0 Å². The molecular formula is C11H15NO2. The van der Waals surface area contributed by atoms with Gasteiger partial charge in [-0.1, -0.05) is 0 Å². The van der Waals surface area contributed by atoms with Crippen molar-refractivity contribution in [3.63, 3.8) is 0 Å². The SMILES string of the molecule is C/C(=C\c1ccco1)C1CNCCO1. The maximum Gasteiger partial charge on any atom is 0.126 e. The maximum absolute atomic E-state index is 5.62. The Morgan fingerprint density at radius 1 is 1.64 bits per heavy atom. The van der Waals surface area contributed by atoms with E-state index in [-0.39, 0.29) is 6.10 Å². The summed E-state index contributed by atoms with van der Waals surface area (Å²) < 4.78 is 10.9. The molecule has 1 aromatic heterocycles. The third kappa shape index (κ3) is 2.25. The molecule has 0 amide bonds. The van der Waals surface area contributed by atoms with Gasteiger partial charge in [0.25, 0.3) is 0 Å². The quantitative estimate of drug-likeness (QED) is 0.775. The first kappa shape index (κ1) is 9.49. The Hall–Kier alpha value is -1.06. The lowest BCUT2D eigenvalue weighted by molar-refractivity contribution is 0.0524. The van der Waals surface area contributed by atoms with Crippen molar-refractivity contribution in [1.82, 2.24) is 5.32 Å². The van der Waals surface area contributed by atoms with Crippen LogP contribution in [0.5, 0.6) is 0 Å². The van der Waals surface area contributed by atoms with Gasteiger partial charge in [0.1, 0.15) is 5.76 Å². The fourth-order valence-corrected chi connectivity index (χ4v) is 1.55. The van der Waals surface area contributed by atoms with Crippen molar-refractivity contribution in [2.45, 2.75) is 13.0 Å². The minimum Gasteiger partial charge on any atom is -0.465 e. The lowest BCUT2D eigenvalue weighted by atomic mass is 10.1. The second-order valence-electron chi connectivity index (χ2n) is 3.47. The summed E-state index contributed by atoms with van der Waals surface area (Å²) in [6.07, 6.45) is 3.89. The van der Waals surface area contributed by atoms with E-state index in [0.29, 0.717) is 0 Å². The van der Waals surface area contributed by atoms with Gasteiger partial charge >= 0.3 is 0 Å². The van der Waals surface area contributed by atoms with Crippen LogP contribution in [0.1, 0.15) is 12.7 Å². The number of ether oxygens (including phenoxy) is 1. The maximum atomic E-state index is 5.62. The second-order valence-corrected chi connectivity index (χ2v) is 3.47. The van der Waals surface area contributed by atoms with Crippen molar-refractivity contribution in [3.05, 3.63) is 29.7 Å². The minimum atomic E-state index is 0.189. The van der Waals surface area contributed by atoms with Gasteiger partial charge in [0, 0.05) is 13.1 Å². The van der Waals surface area contributed by atoms with Crippen molar-refractivity contribution in [3.8, 4) is 0 Å². The van der Waals surface area contributed by atoms with E-state index < -0.39 is 0 Å². The first-order chi connectivity index (χ1) is 6.86. The fraction of sp³-hybridized carbons (Fsp3) is 0.455. The van der Waals surface area contributed by atoms with Crippen LogP contribution in [0.25, 0.3) is 6.08 Å². The summed E-state index contributed by atoms with van der Waals surface area (Å²) in [7, 11) is 0. The summed E-state index contributed by atoms with van der Waals surface area (Å²) >= 11 is 0. The van der Waals surface area contributed by atoms with Gasteiger partial charge in [-0.05, 0) is 30.7 Å². The molecule has 76 valence electrons. The number of hydrogen-bond acceptors (Lipinski definition) is 3. The molecule has 1 N–H and O–H groups in total. The second kappa shape index (κ2) is 4.44. The van der Waals surface area contributed by atoms with Crippen LogP contribution in [0.2, 0.25) is 0 Å². The van der Waals surface area contributed by atoms with Crippen LogP contribution >= 0.6 is 0 Å². The zero-order valence-electron chi connectivity index (χ0n) is 8.32. The third-order valence-corrected chi connectivity index (χ3v) is 2.35. The Morgan fingerprint density at radius 2 is 2.57 bits per heavy atom. The smallest absolute Gasteiger partial charge is 0.126 e. The molecule has 1 aromatic rings. The highest BCUT2D eigenvalue weighted by Gasteiger charge is 2.14. The molecule has 14 heavy (non-hydrogen) atoms. The van der Waals surface area contributed by atoms with E-state index in [1.807, 2.05) is 18.2 Å². The highest BCUT2D eigenvalue weighted by Crippen LogP contribution is 2.13. The largest absolute Gasteiger partial charge is 0.465 e. The number of rotatable bonds is 2. The van der Waals surface area contributed by atoms with E-state index >= 15 is 0 Å². The van der Waals surface area contributed by atoms with E-state index in [1.54, 1.807) is 6.26 Å². The van der Waals surface area contributed by atoms with Gasteiger partial charge in [0.2, 0.25) is 0 Å². The summed E-state index contributed by atoms with van der Waals surface area (Å²) in [5, 5.41) is 3.30. The molecule has 1 saturated heterocycles. The van der Waals surface area contributed by atoms with E-state index in [0.717, 1.165) is 25.5 Å². The molecule has 1 aliphatic heterocycles. The van der Waals surface area contributed by atoms with Gasteiger partial charge in [-0.2, -0.15) is 0 Å². The molecule has 0 aliphatic carbocycles. The molecule has 0 saturated carbocycles. The highest BCUT2D eigenvalue weighted by atomic mass is 16.5. The van der Waals surface area contributed by atoms with Crippen LogP contribution in [0.4, 0.5) is 0 Å². The summed E-state index contributed by atoms with van der Waals surface area (Å²) in [5.74, 6) is 0.886. The monoisotopic (exact) mass is 193 g/mol. The topological polar surface area (TPSA) is 34.4 Å². The normalized spacial score (nSPS) is 23.8. The standard InChI is InChI=1S/C11H15NO2/c1-9(7-10-3-2-5-13-10)11-8-12-4-6-14-11/h2-3,5,7,11-12H,4,6,8H2,1H3/b9-7+. The molecule has 0 radical (unpaired) electrons. The van der Waals surface area contributed by atoms with Crippen molar-refractivity contribution in [2.75, 3.05) is 19.7 Å². The molecule has 1 atom stereocenters. The summed E-state index contributed by atoms with van der Waals surface area (Å²) in [6.45, 7) is 4.70. The highest BCUT2D eigenvalue weighted by molar-refractivity contribution is 5.47. The van der Waals surface area contributed by atoms with Gasteiger partial charge in [-0.25, -0.2) is 0 Å². The predicted octanol–water partition coefficient (Wildman–Crippen LogP) is 1.67. The van der Waals surface area contributed by atoms with Crippen molar-refractivity contribution < 1.29 is 9.15 Å². The number of nitrogens with one attached hydrogen (secondary N) is 1. The molecule has 3 heteroatoms. The average molecular weight is 193 g/mol. The Balaban J connectivity index is 2.02. The first-order valence-corrected chi connectivity index (χ1v) is 4.90. The van der Waals surface area contributed by atoms with E-state index in [1.165, 1.54) is 5.57 Å². The minimum absolute atomic E-state index is 0.189. The molecule has 0 spiro atoms. The molecule has 2 rings (SSSR count). The van der Waals surface area contributed by atoms with Gasteiger partial charge in [-0.3, -0.25) is 0 Å². The van der Waals surface area contributed by atoms with Gasteiger partial charge in [-0.15, -0.1) is 0 Å². The average Bonchev–Trinajstić information content (AvgIpc) is 2.72. The lowest BCUT2D eigenvalue weighted by Crippen LogP contribution is -2.39. The Kier molecular flexibility index (Phi) is 3.01. The van der Waals surface area contributed by atoms with E-state index in [4.69, 9.17) is 9.15 Å². The summed E-state index contributed by atoms with van der Waals surface area (Å²) in [6, 6.07) is 3.83. The Morgan fingerprint density at radius 3 is 3.21 bits per heavy atom. The van der Waals surface area contributed by atoms with Gasteiger partial charge in [0.05, 0.1) is 19.0 Å². The molecule has 2 heterocycles. The van der Waals surface area contributed by atoms with Crippen LogP contribution < -0.4 is 5.32 Å². The van der Waals surface area contributed by atoms with Crippen molar-refractivity contribution in [1.29, 1.82) is 0 Å². The Bertz CT molecular complexity index is 297. The number of furan rings is 1. The van der Waals surface area contributed by atoms with E-state index in [2.05, 4.69) is 12.2 Å². The summed E-state index contributed by atoms with van der Waals surface area (Å²) in [5.41, 5.74) is 1.20. The third-order valence-electron chi connectivity index (χ3n) is 2.35.